The van der Waals surface area contributed by atoms with Gasteiger partial charge in [0.25, 0.3) is 5.78 Å². The van der Waals surface area contributed by atoms with Gasteiger partial charge in [-0.15, -0.1) is 0 Å². The Bertz CT molecular complexity index is 259. The van der Waals surface area contributed by atoms with Gasteiger partial charge in [-0.05, 0) is 6.92 Å². The lowest BCUT2D eigenvalue weighted by Gasteiger charge is -2.13. The van der Waals surface area contributed by atoms with Crippen molar-refractivity contribution in [3.05, 3.63) is 0 Å². The minimum atomic E-state index is -5.14. The quantitative estimate of drug-likeness (QED) is 0.396. The number of halogens is 3. The largest absolute Gasteiger partial charge is 0.465 e. The highest BCUT2D eigenvalue weighted by Crippen LogP contribution is 2.23. The molecule has 86 valence electrons. The van der Waals surface area contributed by atoms with E-state index in [0.717, 1.165) is 0 Å². The van der Waals surface area contributed by atoms with Crippen LogP contribution in [-0.2, 0) is 19.1 Å². The Hall–Kier alpha value is -1.40. The topological polar surface area (TPSA) is 60.4 Å². The van der Waals surface area contributed by atoms with Crippen molar-refractivity contribution in [1.29, 1.82) is 0 Å². The number of Topliss-reactive ketones (excluding diaryl/α,β-unsaturated/α-hetero) is 1. The second kappa shape index (κ2) is 5.47. The van der Waals surface area contributed by atoms with E-state index < -0.39 is 30.3 Å². The average Bonchev–Trinajstić information content (AvgIpc) is 2.12. The Kier molecular flexibility index (Phi) is 4.96. The number of carbonyl (C=O) groups is 3. The van der Waals surface area contributed by atoms with E-state index in [9.17, 15) is 27.6 Å². The number of rotatable bonds is 5. The zero-order valence-electron chi connectivity index (χ0n) is 7.84. The Morgan fingerprint density at radius 2 is 1.93 bits per heavy atom. The molecule has 1 atom stereocenters. The lowest BCUT2D eigenvalue weighted by atomic mass is 10.0. The van der Waals surface area contributed by atoms with Crippen LogP contribution < -0.4 is 0 Å². The second-order valence-electron chi connectivity index (χ2n) is 2.57. The summed E-state index contributed by atoms with van der Waals surface area (Å²) in [4.78, 5) is 31.6. The third-order valence-electron chi connectivity index (χ3n) is 1.50. The van der Waals surface area contributed by atoms with Crippen LogP contribution in [0, 0.1) is 5.92 Å². The third-order valence-corrected chi connectivity index (χ3v) is 1.50. The maximum Gasteiger partial charge on any atom is 0.450 e. The number of ether oxygens (including phenoxy) is 1. The van der Waals surface area contributed by atoms with Gasteiger partial charge in [-0.2, -0.15) is 13.2 Å². The van der Waals surface area contributed by atoms with Crippen LogP contribution in [0.15, 0.2) is 0 Å². The molecule has 0 rings (SSSR count). The van der Waals surface area contributed by atoms with Crippen LogP contribution in [0.4, 0.5) is 13.2 Å². The minimum Gasteiger partial charge on any atom is -0.465 e. The summed E-state index contributed by atoms with van der Waals surface area (Å²) in [6.07, 6.45) is -5.89. The summed E-state index contributed by atoms with van der Waals surface area (Å²) >= 11 is 0. The van der Waals surface area contributed by atoms with Gasteiger partial charge in [0.15, 0.2) is 0 Å². The zero-order valence-corrected chi connectivity index (χ0v) is 7.84. The number of aldehydes is 1. The van der Waals surface area contributed by atoms with Crippen LogP contribution in [0.3, 0.4) is 0 Å². The molecule has 0 heterocycles. The molecule has 0 amide bonds. The van der Waals surface area contributed by atoms with E-state index in [4.69, 9.17) is 0 Å². The van der Waals surface area contributed by atoms with Crippen molar-refractivity contribution in [2.75, 3.05) is 6.61 Å². The van der Waals surface area contributed by atoms with E-state index >= 15 is 0 Å². The molecule has 0 aliphatic carbocycles. The van der Waals surface area contributed by atoms with Crippen LogP contribution in [0.25, 0.3) is 0 Å². The standard InChI is InChI=1S/C8H9F3O4/c1-2-15-7(14)5(3-4-12)6(13)8(9,10)11/h4-5H,2-3H2,1H3. The molecule has 0 fully saturated rings. The van der Waals surface area contributed by atoms with Crippen molar-refractivity contribution in [2.45, 2.75) is 19.5 Å². The smallest absolute Gasteiger partial charge is 0.450 e. The summed E-state index contributed by atoms with van der Waals surface area (Å²) in [5.74, 6) is -5.66. The van der Waals surface area contributed by atoms with Gasteiger partial charge in [0.05, 0.1) is 6.61 Å². The highest BCUT2D eigenvalue weighted by Gasteiger charge is 2.46. The molecule has 0 spiro atoms. The molecule has 0 aliphatic heterocycles. The maximum atomic E-state index is 11.9. The first-order valence-corrected chi connectivity index (χ1v) is 4.05. The first-order valence-electron chi connectivity index (χ1n) is 4.05. The molecule has 4 nitrogen and oxygen atoms in total. The fourth-order valence-electron chi connectivity index (χ4n) is 0.847. The number of hydrogen-bond donors (Lipinski definition) is 0. The maximum absolute atomic E-state index is 11.9. The number of alkyl halides is 3. The van der Waals surface area contributed by atoms with Crippen molar-refractivity contribution in [3.63, 3.8) is 0 Å². The molecule has 0 saturated heterocycles. The first kappa shape index (κ1) is 13.6. The highest BCUT2D eigenvalue weighted by molar-refractivity contribution is 6.03. The van der Waals surface area contributed by atoms with E-state index in [-0.39, 0.29) is 12.9 Å². The van der Waals surface area contributed by atoms with Crippen LogP contribution in [0.5, 0.6) is 0 Å². The molecule has 0 bridgehead atoms. The minimum absolute atomic E-state index is 0.0746. The second-order valence-corrected chi connectivity index (χ2v) is 2.57. The molecule has 0 radical (unpaired) electrons. The van der Waals surface area contributed by atoms with E-state index in [1.54, 1.807) is 0 Å². The van der Waals surface area contributed by atoms with Crippen molar-refractivity contribution >= 4 is 18.0 Å². The molecule has 0 aliphatic rings. The van der Waals surface area contributed by atoms with Gasteiger partial charge in [-0.1, -0.05) is 0 Å². The summed E-state index contributed by atoms with van der Waals surface area (Å²) in [7, 11) is 0. The molecule has 0 aromatic heterocycles. The van der Waals surface area contributed by atoms with Crippen LogP contribution in [-0.4, -0.2) is 30.8 Å². The predicted molar refractivity (Wildman–Crippen MR) is 41.9 cm³/mol. The summed E-state index contributed by atoms with van der Waals surface area (Å²) in [5.41, 5.74) is 0. The molecular weight excluding hydrogens is 217 g/mol. The zero-order chi connectivity index (χ0) is 12.1. The molecule has 0 aromatic rings. The van der Waals surface area contributed by atoms with Gasteiger partial charge in [-0.25, -0.2) is 0 Å². The van der Waals surface area contributed by atoms with Gasteiger partial charge in [0.2, 0.25) is 0 Å². The number of hydrogen-bond acceptors (Lipinski definition) is 4. The Balaban J connectivity index is 4.73. The fourth-order valence-corrected chi connectivity index (χ4v) is 0.847. The van der Waals surface area contributed by atoms with E-state index in [1.807, 2.05) is 0 Å². The van der Waals surface area contributed by atoms with E-state index in [0.29, 0.717) is 0 Å². The Morgan fingerprint density at radius 3 is 2.27 bits per heavy atom. The number of ketones is 1. The average molecular weight is 226 g/mol. The van der Waals surface area contributed by atoms with Crippen molar-refractivity contribution < 1.29 is 32.3 Å². The number of esters is 1. The molecule has 0 N–H and O–H groups in total. The van der Waals surface area contributed by atoms with Crippen LogP contribution in [0.2, 0.25) is 0 Å². The van der Waals surface area contributed by atoms with Gasteiger partial charge < -0.3 is 9.53 Å². The summed E-state index contributed by atoms with van der Waals surface area (Å²) in [6, 6.07) is 0. The third kappa shape index (κ3) is 4.09. The Labute approximate surface area is 83.4 Å². The summed E-state index contributed by atoms with van der Waals surface area (Å²) < 4.78 is 40.1. The first-order chi connectivity index (χ1) is 6.84. The lowest BCUT2D eigenvalue weighted by molar-refractivity contribution is -0.181. The van der Waals surface area contributed by atoms with Crippen LogP contribution >= 0.6 is 0 Å². The SMILES string of the molecule is CCOC(=O)C(CC=O)C(=O)C(F)(F)F. The van der Waals surface area contributed by atoms with Crippen molar-refractivity contribution in [2.24, 2.45) is 5.92 Å². The molecule has 1 unspecified atom stereocenters. The van der Waals surface area contributed by atoms with Crippen molar-refractivity contribution in [3.8, 4) is 0 Å². The highest BCUT2D eigenvalue weighted by atomic mass is 19.4. The molecule has 15 heavy (non-hydrogen) atoms. The predicted octanol–water partition coefficient (Wildman–Crippen LogP) is 0.886. The summed E-state index contributed by atoms with van der Waals surface area (Å²) in [6.45, 7) is 1.23. The normalized spacial score (nSPS) is 13.1. The molecular formula is C8H9F3O4. The fraction of sp³-hybridized carbons (Fsp3) is 0.625. The van der Waals surface area contributed by atoms with Gasteiger partial charge in [-0.3, -0.25) is 9.59 Å². The molecule has 0 saturated carbocycles. The monoisotopic (exact) mass is 226 g/mol. The Morgan fingerprint density at radius 1 is 1.40 bits per heavy atom. The lowest BCUT2D eigenvalue weighted by Crippen LogP contribution is -2.36. The summed E-state index contributed by atoms with van der Waals surface area (Å²) in [5, 5.41) is 0. The van der Waals surface area contributed by atoms with Gasteiger partial charge in [0.1, 0.15) is 12.2 Å². The van der Waals surface area contributed by atoms with Gasteiger partial charge >= 0.3 is 12.1 Å². The molecule has 0 aromatic carbocycles. The van der Waals surface area contributed by atoms with Crippen LogP contribution in [0.1, 0.15) is 13.3 Å². The van der Waals surface area contributed by atoms with E-state index in [2.05, 4.69) is 4.74 Å². The van der Waals surface area contributed by atoms with Crippen molar-refractivity contribution in [1.82, 2.24) is 0 Å². The number of carbonyl (C=O) groups excluding carboxylic acids is 3. The molecule has 7 heteroatoms. The van der Waals surface area contributed by atoms with Gasteiger partial charge in [0, 0.05) is 6.42 Å². The van der Waals surface area contributed by atoms with E-state index in [1.165, 1.54) is 6.92 Å².